The summed E-state index contributed by atoms with van der Waals surface area (Å²) in [5.74, 6) is 2.03. The van der Waals surface area contributed by atoms with E-state index in [1.807, 2.05) is 67.6 Å². The van der Waals surface area contributed by atoms with Crippen LogP contribution in [0.2, 0.25) is 0 Å². The molecule has 0 spiro atoms. The standard InChI is InChI=1S/C25H26N8O2/c1-18-16-23(28-19-8-10-21(35-2)11-9-19)29-25(27-18)32-14-12-31(13-15-32)24(34)22-17-26-33(30-22)20-6-4-3-5-7-20/h3-11,16-17H,12-15H2,1-2H3,(H,27,28,29). The van der Waals surface area contributed by atoms with Crippen molar-refractivity contribution in [2.45, 2.75) is 6.92 Å². The van der Waals surface area contributed by atoms with Crippen LogP contribution in [0.4, 0.5) is 17.5 Å². The van der Waals surface area contributed by atoms with Crippen molar-refractivity contribution in [1.82, 2.24) is 29.9 Å². The van der Waals surface area contributed by atoms with Gasteiger partial charge in [0.15, 0.2) is 5.69 Å². The number of ether oxygens (including phenoxy) is 1. The van der Waals surface area contributed by atoms with Gasteiger partial charge < -0.3 is 19.9 Å². The Morgan fingerprint density at radius 2 is 1.71 bits per heavy atom. The highest BCUT2D eigenvalue weighted by Gasteiger charge is 2.25. The van der Waals surface area contributed by atoms with E-state index in [4.69, 9.17) is 9.72 Å². The van der Waals surface area contributed by atoms with Crippen molar-refractivity contribution in [3.05, 3.63) is 78.2 Å². The van der Waals surface area contributed by atoms with Gasteiger partial charge in [0.25, 0.3) is 5.91 Å². The largest absolute Gasteiger partial charge is 0.497 e. The lowest BCUT2D eigenvalue weighted by atomic mass is 10.3. The van der Waals surface area contributed by atoms with Crippen LogP contribution in [0.25, 0.3) is 5.69 Å². The van der Waals surface area contributed by atoms with Crippen LogP contribution in [0.3, 0.4) is 0 Å². The van der Waals surface area contributed by atoms with Gasteiger partial charge in [0.1, 0.15) is 11.6 Å². The molecule has 1 saturated heterocycles. The Bertz CT molecular complexity index is 1300. The first kappa shape index (κ1) is 22.3. The molecule has 0 bridgehead atoms. The molecule has 5 rings (SSSR count). The fraction of sp³-hybridized carbons (Fsp3) is 0.240. The zero-order valence-electron chi connectivity index (χ0n) is 19.6. The van der Waals surface area contributed by atoms with Gasteiger partial charge in [-0.2, -0.15) is 14.9 Å². The van der Waals surface area contributed by atoms with E-state index in [9.17, 15) is 4.79 Å². The Kier molecular flexibility index (Phi) is 6.25. The lowest BCUT2D eigenvalue weighted by molar-refractivity contribution is 0.0740. The number of anilines is 3. The molecule has 0 saturated carbocycles. The molecule has 0 unspecified atom stereocenters. The van der Waals surface area contributed by atoms with E-state index in [1.54, 1.807) is 12.0 Å². The maximum atomic E-state index is 13.0. The highest BCUT2D eigenvalue weighted by molar-refractivity contribution is 5.92. The van der Waals surface area contributed by atoms with Gasteiger partial charge >= 0.3 is 0 Å². The first-order valence-electron chi connectivity index (χ1n) is 11.4. The summed E-state index contributed by atoms with van der Waals surface area (Å²) in [4.78, 5) is 27.7. The van der Waals surface area contributed by atoms with Crippen LogP contribution in [0, 0.1) is 6.92 Å². The molecular weight excluding hydrogens is 444 g/mol. The quantitative estimate of drug-likeness (QED) is 0.459. The van der Waals surface area contributed by atoms with Crippen LogP contribution in [0.5, 0.6) is 5.75 Å². The summed E-state index contributed by atoms with van der Waals surface area (Å²) >= 11 is 0. The van der Waals surface area contributed by atoms with E-state index in [-0.39, 0.29) is 5.91 Å². The third kappa shape index (κ3) is 5.06. The highest BCUT2D eigenvalue weighted by atomic mass is 16.5. The molecule has 10 heteroatoms. The molecule has 1 aliphatic rings. The number of para-hydroxylation sites is 1. The molecule has 1 fully saturated rings. The Morgan fingerprint density at radius 1 is 0.971 bits per heavy atom. The van der Waals surface area contributed by atoms with Gasteiger partial charge in [-0.1, -0.05) is 18.2 Å². The number of carbonyl (C=O) groups is 1. The molecule has 10 nitrogen and oxygen atoms in total. The zero-order valence-corrected chi connectivity index (χ0v) is 19.6. The Balaban J connectivity index is 1.23. The van der Waals surface area contributed by atoms with Gasteiger partial charge in [0.05, 0.1) is 19.0 Å². The summed E-state index contributed by atoms with van der Waals surface area (Å²) in [6.07, 6.45) is 1.52. The minimum Gasteiger partial charge on any atom is -0.497 e. The Hall–Kier alpha value is -4.47. The van der Waals surface area contributed by atoms with Gasteiger partial charge in [-0.15, -0.1) is 5.10 Å². The van der Waals surface area contributed by atoms with Crippen molar-refractivity contribution in [2.75, 3.05) is 43.5 Å². The second kappa shape index (κ2) is 9.80. The first-order chi connectivity index (χ1) is 17.1. The number of amides is 1. The number of piperazine rings is 1. The predicted octanol–water partition coefficient (Wildman–Crippen LogP) is 3.08. The number of rotatable bonds is 6. The summed E-state index contributed by atoms with van der Waals surface area (Å²) in [5, 5.41) is 11.9. The molecule has 35 heavy (non-hydrogen) atoms. The molecular formula is C25H26N8O2. The number of hydrogen-bond donors (Lipinski definition) is 1. The molecule has 3 heterocycles. The average molecular weight is 471 g/mol. The SMILES string of the molecule is COc1ccc(Nc2cc(C)nc(N3CCN(C(=O)c4cnn(-c5ccccc5)n4)CC3)n2)cc1. The second-order valence-electron chi connectivity index (χ2n) is 8.18. The van der Waals surface area contributed by atoms with E-state index in [0.717, 1.165) is 22.8 Å². The number of aryl methyl sites for hydroxylation is 1. The van der Waals surface area contributed by atoms with E-state index in [0.29, 0.717) is 43.6 Å². The lowest BCUT2D eigenvalue weighted by Crippen LogP contribution is -2.49. The molecule has 4 aromatic rings. The number of nitrogens with one attached hydrogen (secondary N) is 1. The fourth-order valence-corrected chi connectivity index (χ4v) is 3.90. The number of aromatic nitrogens is 5. The third-order valence-electron chi connectivity index (χ3n) is 5.75. The monoisotopic (exact) mass is 470 g/mol. The van der Waals surface area contributed by atoms with Crippen LogP contribution >= 0.6 is 0 Å². The Labute approximate surface area is 203 Å². The van der Waals surface area contributed by atoms with Gasteiger partial charge in [0, 0.05) is 43.6 Å². The third-order valence-corrected chi connectivity index (χ3v) is 5.75. The maximum Gasteiger partial charge on any atom is 0.276 e. The van der Waals surface area contributed by atoms with E-state index >= 15 is 0 Å². The summed E-state index contributed by atoms with van der Waals surface area (Å²) in [6.45, 7) is 4.30. The number of benzene rings is 2. The van der Waals surface area contributed by atoms with Gasteiger partial charge in [-0.3, -0.25) is 4.79 Å². The highest BCUT2D eigenvalue weighted by Crippen LogP contribution is 2.22. The number of methoxy groups -OCH3 is 1. The minimum absolute atomic E-state index is 0.126. The summed E-state index contributed by atoms with van der Waals surface area (Å²) in [7, 11) is 1.64. The fourth-order valence-electron chi connectivity index (χ4n) is 3.90. The van der Waals surface area contributed by atoms with Gasteiger partial charge in [0.2, 0.25) is 5.95 Å². The smallest absolute Gasteiger partial charge is 0.276 e. The minimum atomic E-state index is -0.126. The lowest BCUT2D eigenvalue weighted by Gasteiger charge is -2.34. The first-order valence-corrected chi connectivity index (χ1v) is 11.4. The predicted molar refractivity (Wildman–Crippen MR) is 133 cm³/mol. The normalized spacial score (nSPS) is 13.5. The van der Waals surface area contributed by atoms with Gasteiger partial charge in [-0.25, -0.2) is 4.98 Å². The van der Waals surface area contributed by atoms with Crippen molar-refractivity contribution < 1.29 is 9.53 Å². The van der Waals surface area contributed by atoms with Crippen molar-refractivity contribution >= 4 is 23.4 Å². The summed E-state index contributed by atoms with van der Waals surface area (Å²) in [6, 6.07) is 19.1. The molecule has 1 aliphatic heterocycles. The molecule has 0 atom stereocenters. The molecule has 1 N–H and O–H groups in total. The van der Waals surface area contributed by atoms with E-state index in [2.05, 4.69) is 25.4 Å². The average Bonchev–Trinajstić information content (AvgIpc) is 3.39. The van der Waals surface area contributed by atoms with Crippen molar-refractivity contribution in [2.24, 2.45) is 0 Å². The molecule has 0 radical (unpaired) electrons. The van der Waals surface area contributed by atoms with Crippen molar-refractivity contribution in [1.29, 1.82) is 0 Å². The van der Waals surface area contributed by atoms with Crippen molar-refractivity contribution in [3.8, 4) is 11.4 Å². The van der Waals surface area contributed by atoms with E-state index < -0.39 is 0 Å². The van der Waals surface area contributed by atoms with Crippen LogP contribution in [0.1, 0.15) is 16.2 Å². The Morgan fingerprint density at radius 3 is 2.43 bits per heavy atom. The van der Waals surface area contributed by atoms with Crippen molar-refractivity contribution in [3.63, 3.8) is 0 Å². The van der Waals surface area contributed by atoms with Gasteiger partial charge in [-0.05, 0) is 43.3 Å². The van der Waals surface area contributed by atoms with Crippen LogP contribution in [-0.2, 0) is 0 Å². The zero-order chi connectivity index (χ0) is 24.2. The van der Waals surface area contributed by atoms with Crippen LogP contribution in [-0.4, -0.2) is 69.1 Å². The number of carbonyl (C=O) groups excluding carboxylic acids is 1. The summed E-state index contributed by atoms with van der Waals surface area (Å²) < 4.78 is 5.22. The topological polar surface area (TPSA) is 101 Å². The summed E-state index contributed by atoms with van der Waals surface area (Å²) in [5.41, 5.74) is 2.92. The second-order valence-corrected chi connectivity index (χ2v) is 8.18. The molecule has 1 amide bonds. The molecule has 2 aromatic carbocycles. The molecule has 0 aliphatic carbocycles. The molecule has 178 valence electrons. The van der Waals surface area contributed by atoms with Crippen LogP contribution < -0.4 is 15.0 Å². The van der Waals surface area contributed by atoms with E-state index in [1.165, 1.54) is 11.0 Å². The maximum absolute atomic E-state index is 13.0. The van der Waals surface area contributed by atoms with Crippen LogP contribution in [0.15, 0.2) is 66.9 Å². The molecule has 2 aromatic heterocycles. The number of nitrogens with zero attached hydrogens (tertiary/aromatic N) is 7. The number of hydrogen-bond acceptors (Lipinski definition) is 8.